The van der Waals surface area contributed by atoms with Crippen molar-refractivity contribution in [2.75, 3.05) is 33.7 Å². The Bertz CT molecular complexity index is 206. The summed E-state index contributed by atoms with van der Waals surface area (Å²) in [5.41, 5.74) is 0. The lowest BCUT2D eigenvalue weighted by atomic mass is 10.0. The summed E-state index contributed by atoms with van der Waals surface area (Å²) in [7, 11) is 4.09. The van der Waals surface area contributed by atoms with Crippen LogP contribution >= 0.6 is 0 Å². The number of carbonyl (C=O) groups excluding carboxylic acids is 1. The fourth-order valence-corrected chi connectivity index (χ4v) is 1.95. The molecule has 2 unspecified atom stereocenters. The molecule has 0 radical (unpaired) electrons. The van der Waals surface area contributed by atoms with E-state index in [-0.39, 0.29) is 11.8 Å². The minimum atomic E-state index is 0.171. The van der Waals surface area contributed by atoms with Crippen LogP contribution in [0.4, 0.5) is 0 Å². The van der Waals surface area contributed by atoms with E-state index in [4.69, 9.17) is 0 Å². The van der Waals surface area contributed by atoms with Crippen LogP contribution < -0.4 is 10.6 Å². The molecule has 2 atom stereocenters. The number of amides is 1. The average Bonchev–Trinajstić information content (AvgIpc) is 2.58. The number of hydrogen-bond donors (Lipinski definition) is 2. The summed E-state index contributed by atoms with van der Waals surface area (Å²) in [5.74, 6) is 0.385. The maximum absolute atomic E-state index is 11.7. The monoisotopic (exact) mass is 213 g/mol. The first-order valence-electron chi connectivity index (χ1n) is 5.77. The van der Waals surface area contributed by atoms with Gasteiger partial charge in [-0.2, -0.15) is 0 Å². The largest absolute Gasteiger partial charge is 0.356 e. The number of hydrogen-bond acceptors (Lipinski definition) is 3. The van der Waals surface area contributed by atoms with E-state index in [2.05, 4.69) is 22.5 Å². The molecule has 2 N–H and O–H groups in total. The topological polar surface area (TPSA) is 44.4 Å². The Morgan fingerprint density at radius 3 is 2.80 bits per heavy atom. The molecule has 1 rings (SSSR count). The summed E-state index contributed by atoms with van der Waals surface area (Å²) in [4.78, 5) is 13.9. The highest BCUT2D eigenvalue weighted by Gasteiger charge is 2.28. The molecular weight excluding hydrogens is 190 g/mol. The molecular formula is C11H23N3O. The summed E-state index contributed by atoms with van der Waals surface area (Å²) < 4.78 is 0. The highest BCUT2D eigenvalue weighted by atomic mass is 16.1. The second-order valence-corrected chi connectivity index (χ2v) is 4.59. The van der Waals surface area contributed by atoms with Crippen LogP contribution in [0.5, 0.6) is 0 Å². The standard InChI is InChI=1S/C11H23N3O/c1-9-10(5-7-12-9)11(15)13-6-4-8-14(2)3/h9-10,12H,4-8H2,1-3H3,(H,13,15). The van der Waals surface area contributed by atoms with Crippen molar-refractivity contribution in [3.8, 4) is 0 Å². The van der Waals surface area contributed by atoms with Gasteiger partial charge in [-0.05, 0) is 47.0 Å². The minimum Gasteiger partial charge on any atom is -0.356 e. The van der Waals surface area contributed by atoms with Gasteiger partial charge in [-0.15, -0.1) is 0 Å². The Balaban J connectivity index is 2.13. The molecule has 0 bridgehead atoms. The van der Waals surface area contributed by atoms with E-state index in [1.54, 1.807) is 0 Å². The molecule has 88 valence electrons. The maximum atomic E-state index is 11.7. The van der Waals surface area contributed by atoms with Gasteiger partial charge in [0.2, 0.25) is 5.91 Å². The summed E-state index contributed by atoms with van der Waals surface area (Å²) >= 11 is 0. The summed E-state index contributed by atoms with van der Waals surface area (Å²) in [6.07, 6.45) is 1.99. The first-order valence-corrected chi connectivity index (χ1v) is 5.77. The first-order chi connectivity index (χ1) is 7.11. The number of nitrogens with zero attached hydrogens (tertiary/aromatic N) is 1. The molecule has 0 aromatic carbocycles. The van der Waals surface area contributed by atoms with E-state index in [1.165, 1.54) is 0 Å². The Morgan fingerprint density at radius 1 is 1.53 bits per heavy atom. The molecule has 0 aromatic heterocycles. The Labute approximate surface area is 92.4 Å². The summed E-state index contributed by atoms with van der Waals surface area (Å²) in [6.45, 7) is 4.87. The molecule has 1 heterocycles. The van der Waals surface area contributed by atoms with E-state index in [1.807, 2.05) is 14.1 Å². The fraction of sp³-hybridized carbons (Fsp3) is 0.909. The quantitative estimate of drug-likeness (QED) is 0.634. The van der Waals surface area contributed by atoms with Crippen LogP contribution in [0.2, 0.25) is 0 Å². The molecule has 1 saturated heterocycles. The third kappa shape index (κ3) is 4.18. The lowest BCUT2D eigenvalue weighted by Crippen LogP contribution is -2.37. The van der Waals surface area contributed by atoms with Crippen molar-refractivity contribution in [1.29, 1.82) is 0 Å². The zero-order valence-corrected chi connectivity index (χ0v) is 10.0. The molecule has 0 aromatic rings. The predicted molar refractivity (Wildman–Crippen MR) is 61.8 cm³/mol. The van der Waals surface area contributed by atoms with Crippen LogP contribution in [0, 0.1) is 5.92 Å². The van der Waals surface area contributed by atoms with Gasteiger partial charge in [0.05, 0.1) is 5.92 Å². The van der Waals surface area contributed by atoms with Crippen LogP contribution in [-0.2, 0) is 4.79 Å². The van der Waals surface area contributed by atoms with Gasteiger partial charge in [-0.1, -0.05) is 0 Å². The number of carbonyl (C=O) groups is 1. The van der Waals surface area contributed by atoms with Crippen molar-refractivity contribution in [1.82, 2.24) is 15.5 Å². The zero-order valence-electron chi connectivity index (χ0n) is 10.0. The summed E-state index contributed by atoms with van der Waals surface area (Å²) in [5, 5.41) is 6.29. The van der Waals surface area contributed by atoms with Crippen molar-refractivity contribution in [2.24, 2.45) is 5.92 Å². The van der Waals surface area contributed by atoms with E-state index in [0.29, 0.717) is 6.04 Å². The SMILES string of the molecule is CC1NCCC1C(=O)NCCCN(C)C. The molecule has 4 heteroatoms. The van der Waals surface area contributed by atoms with Crippen molar-refractivity contribution in [2.45, 2.75) is 25.8 Å². The first kappa shape index (κ1) is 12.5. The van der Waals surface area contributed by atoms with Crippen LogP contribution in [-0.4, -0.2) is 50.6 Å². The van der Waals surface area contributed by atoms with Gasteiger partial charge in [-0.25, -0.2) is 0 Å². The van der Waals surface area contributed by atoms with Crippen molar-refractivity contribution >= 4 is 5.91 Å². The second-order valence-electron chi connectivity index (χ2n) is 4.59. The van der Waals surface area contributed by atoms with E-state index < -0.39 is 0 Å². The third-order valence-electron chi connectivity index (χ3n) is 2.94. The van der Waals surface area contributed by atoms with Gasteiger partial charge in [-0.3, -0.25) is 4.79 Å². The highest BCUT2D eigenvalue weighted by molar-refractivity contribution is 5.79. The zero-order chi connectivity index (χ0) is 11.3. The molecule has 1 fully saturated rings. The van der Waals surface area contributed by atoms with Crippen LogP contribution in [0.15, 0.2) is 0 Å². The third-order valence-corrected chi connectivity index (χ3v) is 2.94. The van der Waals surface area contributed by atoms with Crippen molar-refractivity contribution < 1.29 is 4.79 Å². The highest BCUT2D eigenvalue weighted by Crippen LogP contribution is 2.14. The van der Waals surface area contributed by atoms with Gasteiger partial charge in [0.25, 0.3) is 0 Å². The normalized spacial score (nSPS) is 25.9. The van der Waals surface area contributed by atoms with Gasteiger partial charge in [0.1, 0.15) is 0 Å². The van der Waals surface area contributed by atoms with E-state index >= 15 is 0 Å². The molecule has 1 aliphatic heterocycles. The smallest absolute Gasteiger partial charge is 0.224 e. The molecule has 15 heavy (non-hydrogen) atoms. The number of rotatable bonds is 5. The molecule has 0 spiro atoms. The molecule has 0 saturated carbocycles. The minimum absolute atomic E-state index is 0.171. The van der Waals surface area contributed by atoms with E-state index in [0.717, 1.165) is 32.5 Å². The lowest BCUT2D eigenvalue weighted by Gasteiger charge is -2.15. The molecule has 1 amide bonds. The number of nitrogens with one attached hydrogen (secondary N) is 2. The fourth-order valence-electron chi connectivity index (χ4n) is 1.95. The molecule has 4 nitrogen and oxygen atoms in total. The van der Waals surface area contributed by atoms with Gasteiger partial charge >= 0.3 is 0 Å². The van der Waals surface area contributed by atoms with Gasteiger partial charge < -0.3 is 15.5 Å². The average molecular weight is 213 g/mol. The lowest BCUT2D eigenvalue weighted by molar-refractivity contribution is -0.125. The molecule has 0 aliphatic carbocycles. The Kier molecular flexibility index (Phi) is 5.05. The van der Waals surface area contributed by atoms with Crippen molar-refractivity contribution in [3.05, 3.63) is 0 Å². The Hall–Kier alpha value is -0.610. The van der Waals surface area contributed by atoms with E-state index in [9.17, 15) is 4.79 Å². The maximum Gasteiger partial charge on any atom is 0.224 e. The van der Waals surface area contributed by atoms with Gasteiger partial charge in [0.15, 0.2) is 0 Å². The van der Waals surface area contributed by atoms with Gasteiger partial charge in [0, 0.05) is 12.6 Å². The van der Waals surface area contributed by atoms with Crippen LogP contribution in [0.3, 0.4) is 0 Å². The van der Waals surface area contributed by atoms with Crippen LogP contribution in [0.25, 0.3) is 0 Å². The predicted octanol–water partition coefficient (Wildman–Crippen LogP) is 0.0523. The van der Waals surface area contributed by atoms with Crippen LogP contribution in [0.1, 0.15) is 19.8 Å². The Morgan fingerprint density at radius 2 is 2.27 bits per heavy atom. The molecule has 1 aliphatic rings. The van der Waals surface area contributed by atoms with Crippen molar-refractivity contribution in [3.63, 3.8) is 0 Å². The summed E-state index contributed by atoms with van der Waals surface area (Å²) in [6, 6.07) is 0.332. The second kappa shape index (κ2) is 6.08.